The van der Waals surface area contributed by atoms with Crippen molar-refractivity contribution in [3.05, 3.63) is 42.2 Å². The highest BCUT2D eigenvalue weighted by Crippen LogP contribution is 2.15. The number of anilines is 1. The van der Waals surface area contributed by atoms with E-state index >= 15 is 0 Å². The van der Waals surface area contributed by atoms with Crippen LogP contribution in [-0.4, -0.2) is 34.9 Å². The largest absolute Gasteiger partial charge is 0.497 e. The van der Waals surface area contributed by atoms with Crippen LogP contribution in [0.3, 0.4) is 0 Å². The summed E-state index contributed by atoms with van der Waals surface area (Å²) in [5.74, 6) is 0.758. The Hall–Kier alpha value is -2.50. The fraction of sp³-hybridized carbons (Fsp3) is 0.333. The van der Waals surface area contributed by atoms with Gasteiger partial charge in [0.2, 0.25) is 0 Å². The molecule has 112 valence electrons. The van der Waals surface area contributed by atoms with Gasteiger partial charge in [0.05, 0.1) is 19.9 Å². The Bertz CT molecular complexity index is 592. The highest BCUT2D eigenvalue weighted by atomic mass is 16.5. The molecule has 0 atom stereocenters. The predicted octanol–water partition coefficient (Wildman–Crippen LogP) is 2.58. The third-order valence-corrected chi connectivity index (χ3v) is 3.12. The van der Waals surface area contributed by atoms with Gasteiger partial charge in [-0.2, -0.15) is 5.10 Å². The van der Waals surface area contributed by atoms with Gasteiger partial charge in [0.1, 0.15) is 5.75 Å². The summed E-state index contributed by atoms with van der Waals surface area (Å²) < 4.78 is 6.92. The van der Waals surface area contributed by atoms with Gasteiger partial charge < -0.3 is 15.0 Å². The van der Waals surface area contributed by atoms with Crippen LogP contribution in [0.1, 0.15) is 12.5 Å². The molecule has 6 heteroatoms. The average molecular weight is 288 g/mol. The smallest absolute Gasteiger partial charge is 0.321 e. The molecule has 2 aromatic rings. The molecule has 0 bridgehead atoms. The first-order chi connectivity index (χ1) is 10.1. The molecule has 0 aliphatic heterocycles. The van der Waals surface area contributed by atoms with E-state index in [2.05, 4.69) is 10.4 Å². The zero-order chi connectivity index (χ0) is 15.2. The van der Waals surface area contributed by atoms with Crippen molar-refractivity contribution >= 4 is 11.7 Å². The predicted molar refractivity (Wildman–Crippen MR) is 81.4 cm³/mol. The van der Waals surface area contributed by atoms with Crippen molar-refractivity contribution in [3.63, 3.8) is 0 Å². The summed E-state index contributed by atoms with van der Waals surface area (Å²) in [5.41, 5.74) is 1.74. The van der Waals surface area contributed by atoms with Gasteiger partial charge in [0.15, 0.2) is 0 Å². The minimum Gasteiger partial charge on any atom is -0.497 e. The van der Waals surface area contributed by atoms with E-state index in [0.29, 0.717) is 6.54 Å². The number of benzene rings is 1. The highest BCUT2D eigenvalue weighted by Gasteiger charge is 2.10. The number of aromatic nitrogens is 2. The number of hydrogen-bond acceptors (Lipinski definition) is 3. The maximum absolute atomic E-state index is 12.1. The van der Waals surface area contributed by atoms with E-state index in [1.807, 2.05) is 17.8 Å². The SMILES string of the molecule is CCn1cc(CN(C)C(=O)Nc2ccc(OC)cc2)cn1. The van der Waals surface area contributed by atoms with Crippen molar-refractivity contribution < 1.29 is 9.53 Å². The number of nitrogens with zero attached hydrogens (tertiary/aromatic N) is 3. The van der Waals surface area contributed by atoms with E-state index in [-0.39, 0.29) is 6.03 Å². The number of carbonyl (C=O) groups excluding carboxylic acids is 1. The summed E-state index contributed by atoms with van der Waals surface area (Å²) >= 11 is 0. The van der Waals surface area contributed by atoms with Crippen LogP contribution in [0.15, 0.2) is 36.7 Å². The lowest BCUT2D eigenvalue weighted by Crippen LogP contribution is -2.30. The Morgan fingerprint density at radius 3 is 2.67 bits per heavy atom. The number of ether oxygens (including phenoxy) is 1. The summed E-state index contributed by atoms with van der Waals surface area (Å²) in [7, 11) is 3.36. The number of urea groups is 1. The van der Waals surface area contributed by atoms with Crippen molar-refractivity contribution in [2.45, 2.75) is 20.0 Å². The number of rotatable bonds is 5. The molecular formula is C15H20N4O2. The molecule has 1 heterocycles. The second kappa shape index (κ2) is 6.78. The number of hydrogen-bond donors (Lipinski definition) is 1. The molecule has 1 N–H and O–H groups in total. The second-order valence-corrected chi connectivity index (χ2v) is 4.72. The summed E-state index contributed by atoms with van der Waals surface area (Å²) in [6.07, 6.45) is 3.72. The molecule has 21 heavy (non-hydrogen) atoms. The fourth-order valence-electron chi connectivity index (χ4n) is 1.90. The average Bonchev–Trinajstić information content (AvgIpc) is 2.95. The standard InChI is InChI=1S/C15H20N4O2/c1-4-19-11-12(9-16-19)10-18(2)15(20)17-13-5-7-14(21-3)8-6-13/h5-9,11H,4,10H2,1-3H3,(H,17,20). The minimum atomic E-state index is -0.163. The normalized spacial score (nSPS) is 10.2. The molecule has 1 aromatic carbocycles. The zero-order valence-corrected chi connectivity index (χ0v) is 12.5. The van der Waals surface area contributed by atoms with Crippen molar-refractivity contribution in [2.75, 3.05) is 19.5 Å². The molecule has 0 spiro atoms. The Kier molecular flexibility index (Phi) is 4.81. The first-order valence-corrected chi connectivity index (χ1v) is 6.80. The summed E-state index contributed by atoms with van der Waals surface area (Å²) in [4.78, 5) is 13.7. The Labute approximate surface area is 124 Å². The number of nitrogens with one attached hydrogen (secondary N) is 1. The lowest BCUT2D eigenvalue weighted by Gasteiger charge is -2.17. The molecule has 2 amide bonds. The number of carbonyl (C=O) groups is 1. The van der Waals surface area contributed by atoms with Gasteiger partial charge in [-0.25, -0.2) is 4.79 Å². The lowest BCUT2D eigenvalue weighted by atomic mass is 10.3. The second-order valence-electron chi connectivity index (χ2n) is 4.72. The molecule has 6 nitrogen and oxygen atoms in total. The van der Waals surface area contributed by atoms with Gasteiger partial charge in [0.25, 0.3) is 0 Å². The molecule has 0 fully saturated rings. The van der Waals surface area contributed by atoms with E-state index in [0.717, 1.165) is 23.5 Å². The van der Waals surface area contributed by atoms with Gasteiger partial charge in [0, 0.05) is 31.0 Å². The number of aryl methyl sites for hydroxylation is 1. The molecule has 0 saturated heterocycles. The van der Waals surface area contributed by atoms with E-state index in [1.54, 1.807) is 49.5 Å². The molecule has 0 saturated carbocycles. The molecule has 0 aliphatic carbocycles. The van der Waals surface area contributed by atoms with E-state index in [4.69, 9.17) is 4.74 Å². The quantitative estimate of drug-likeness (QED) is 0.920. The van der Waals surface area contributed by atoms with Crippen molar-refractivity contribution in [1.82, 2.24) is 14.7 Å². The topological polar surface area (TPSA) is 59.4 Å². The molecule has 2 rings (SSSR count). The van der Waals surface area contributed by atoms with Gasteiger partial charge in [-0.15, -0.1) is 0 Å². The van der Waals surface area contributed by atoms with E-state index in [1.165, 1.54) is 0 Å². The van der Waals surface area contributed by atoms with Crippen LogP contribution in [0.5, 0.6) is 5.75 Å². The van der Waals surface area contributed by atoms with Crippen molar-refractivity contribution in [2.24, 2.45) is 0 Å². The molecule has 0 unspecified atom stereocenters. The molecule has 1 aromatic heterocycles. The first kappa shape index (κ1) is 14.9. The summed E-state index contributed by atoms with van der Waals surface area (Å²) in [6.45, 7) is 3.36. The fourth-order valence-corrected chi connectivity index (χ4v) is 1.90. The van der Waals surface area contributed by atoms with Crippen LogP contribution in [0.2, 0.25) is 0 Å². The highest BCUT2D eigenvalue weighted by molar-refractivity contribution is 5.89. The zero-order valence-electron chi connectivity index (χ0n) is 12.5. The van der Waals surface area contributed by atoms with Crippen LogP contribution in [0.25, 0.3) is 0 Å². The van der Waals surface area contributed by atoms with Crippen LogP contribution in [0.4, 0.5) is 10.5 Å². The maximum Gasteiger partial charge on any atom is 0.321 e. The minimum absolute atomic E-state index is 0.163. The van der Waals surface area contributed by atoms with E-state index in [9.17, 15) is 4.79 Å². The van der Waals surface area contributed by atoms with Gasteiger partial charge in [-0.1, -0.05) is 0 Å². The Morgan fingerprint density at radius 1 is 1.38 bits per heavy atom. The molecular weight excluding hydrogens is 268 g/mol. The third kappa shape index (κ3) is 3.98. The van der Waals surface area contributed by atoms with Crippen molar-refractivity contribution in [1.29, 1.82) is 0 Å². The van der Waals surface area contributed by atoms with Gasteiger partial charge in [-0.3, -0.25) is 4.68 Å². The van der Waals surface area contributed by atoms with Crippen LogP contribution in [-0.2, 0) is 13.1 Å². The number of amides is 2. The summed E-state index contributed by atoms with van der Waals surface area (Å²) in [6, 6.07) is 7.06. The van der Waals surface area contributed by atoms with Crippen LogP contribution in [0, 0.1) is 0 Å². The van der Waals surface area contributed by atoms with E-state index < -0.39 is 0 Å². The van der Waals surface area contributed by atoms with Crippen LogP contribution >= 0.6 is 0 Å². The molecule has 0 radical (unpaired) electrons. The van der Waals surface area contributed by atoms with Crippen LogP contribution < -0.4 is 10.1 Å². The Balaban J connectivity index is 1.92. The summed E-state index contributed by atoms with van der Waals surface area (Å²) in [5, 5.41) is 7.03. The maximum atomic E-state index is 12.1. The first-order valence-electron chi connectivity index (χ1n) is 6.80. The number of methoxy groups -OCH3 is 1. The Morgan fingerprint density at radius 2 is 2.10 bits per heavy atom. The third-order valence-electron chi connectivity index (χ3n) is 3.12. The lowest BCUT2D eigenvalue weighted by molar-refractivity contribution is 0.220. The molecule has 0 aliphatic rings. The van der Waals surface area contributed by atoms with Gasteiger partial charge >= 0.3 is 6.03 Å². The van der Waals surface area contributed by atoms with Gasteiger partial charge in [-0.05, 0) is 31.2 Å². The van der Waals surface area contributed by atoms with Crippen molar-refractivity contribution in [3.8, 4) is 5.75 Å². The monoisotopic (exact) mass is 288 g/mol.